The summed E-state index contributed by atoms with van der Waals surface area (Å²) in [5.74, 6) is -0.361. The number of aliphatic hydroxyl groups is 2. The number of methoxy groups -OCH3 is 1. The maximum absolute atomic E-state index is 11.0. The summed E-state index contributed by atoms with van der Waals surface area (Å²) < 4.78 is 4.53. The van der Waals surface area contributed by atoms with Crippen LogP contribution in [-0.2, 0) is 9.53 Å². The van der Waals surface area contributed by atoms with Crippen molar-refractivity contribution in [2.24, 2.45) is 11.8 Å². The highest BCUT2D eigenvalue weighted by atomic mass is 16.5. The molecule has 0 aromatic heterocycles. The first-order valence-corrected chi connectivity index (χ1v) is 5.03. The number of hydrogen-bond acceptors (Lipinski definition) is 4. The van der Waals surface area contributed by atoms with Crippen LogP contribution in [0.15, 0.2) is 0 Å². The molecule has 0 amide bonds. The topological polar surface area (TPSA) is 66.8 Å². The molecule has 1 rings (SSSR count). The number of carbonyl (C=O) groups excluding carboxylic acids is 1. The van der Waals surface area contributed by atoms with E-state index >= 15 is 0 Å². The van der Waals surface area contributed by atoms with E-state index in [9.17, 15) is 15.0 Å². The van der Waals surface area contributed by atoms with E-state index in [-0.39, 0.29) is 24.2 Å². The van der Waals surface area contributed by atoms with Crippen LogP contribution in [0.1, 0.15) is 26.2 Å². The van der Waals surface area contributed by atoms with Crippen LogP contribution in [0, 0.1) is 11.8 Å². The lowest BCUT2D eigenvalue weighted by Crippen LogP contribution is -2.29. The summed E-state index contributed by atoms with van der Waals surface area (Å²) in [7, 11) is 1.33. The molecule has 2 N–H and O–H groups in total. The number of aliphatic hydroxyl groups excluding tert-OH is 2. The molecule has 0 aromatic carbocycles. The van der Waals surface area contributed by atoms with Gasteiger partial charge >= 0.3 is 5.97 Å². The standard InChI is InChI=1S/C10H18O4/c1-3-6-4-7(5-8(11)14-2)10(13)9(6)12/h6-7,9-10,12-13H,3-5H2,1-2H3. The Hall–Kier alpha value is -0.610. The smallest absolute Gasteiger partial charge is 0.305 e. The van der Waals surface area contributed by atoms with E-state index in [4.69, 9.17) is 0 Å². The summed E-state index contributed by atoms with van der Waals surface area (Å²) >= 11 is 0. The van der Waals surface area contributed by atoms with Gasteiger partial charge in [0.05, 0.1) is 25.7 Å². The van der Waals surface area contributed by atoms with Crippen LogP contribution < -0.4 is 0 Å². The quantitative estimate of drug-likeness (QED) is 0.647. The lowest BCUT2D eigenvalue weighted by atomic mass is 9.99. The van der Waals surface area contributed by atoms with Crippen LogP contribution in [0.4, 0.5) is 0 Å². The van der Waals surface area contributed by atoms with E-state index < -0.39 is 12.2 Å². The molecule has 4 nitrogen and oxygen atoms in total. The molecule has 4 heteroatoms. The summed E-state index contributed by atoms with van der Waals surface area (Å²) in [4.78, 5) is 11.0. The molecule has 4 atom stereocenters. The number of ether oxygens (including phenoxy) is 1. The second-order valence-corrected chi connectivity index (χ2v) is 3.93. The third-order valence-electron chi connectivity index (χ3n) is 3.10. The van der Waals surface area contributed by atoms with Gasteiger partial charge in [-0.3, -0.25) is 4.79 Å². The molecule has 0 aromatic rings. The van der Waals surface area contributed by atoms with Gasteiger partial charge in [-0.05, 0) is 18.3 Å². The van der Waals surface area contributed by atoms with Crippen molar-refractivity contribution in [2.45, 2.75) is 38.4 Å². The van der Waals surface area contributed by atoms with Crippen molar-refractivity contribution in [3.05, 3.63) is 0 Å². The van der Waals surface area contributed by atoms with E-state index in [1.54, 1.807) is 0 Å². The second kappa shape index (κ2) is 4.75. The third kappa shape index (κ3) is 2.25. The summed E-state index contributed by atoms with van der Waals surface area (Å²) in [6.07, 6.45) is 0.267. The van der Waals surface area contributed by atoms with E-state index in [2.05, 4.69) is 4.74 Å². The lowest BCUT2D eigenvalue weighted by molar-refractivity contribution is -0.142. The highest BCUT2D eigenvalue weighted by Crippen LogP contribution is 2.35. The molecule has 0 bridgehead atoms. The van der Waals surface area contributed by atoms with Crippen LogP contribution in [-0.4, -0.2) is 35.5 Å². The molecule has 0 saturated heterocycles. The Kier molecular flexibility index (Phi) is 3.89. The van der Waals surface area contributed by atoms with Crippen molar-refractivity contribution >= 4 is 5.97 Å². The van der Waals surface area contributed by atoms with Crippen LogP contribution >= 0.6 is 0 Å². The van der Waals surface area contributed by atoms with E-state index in [1.165, 1.54) is 7.11 Å². The molecule has 0 spiro atoms. The number of rotatable bonds is 3. The third-order valence-corrected chi connectivity index (χ3v) is 3.10. The fraction of sp³-hybridized carbons (Fsp3) is 0.900. The predicted octanol–water partition coefficient (Wildman–Crippen LogP) is 0.317. The summed E-state index contributed by atoms with van der Waals surface area (Å²) in [5.41, 5.74) is 0. The van der Waals surface area contributed by atoms with Crippen LogP contribution in [0.25, 0.3) is 0 Å². The monoisotopic (exact) mass is 202 g/mol. The number of esters is 1. The van der Waals surface area contributed by atoms with E-state index in [1.807, 2.05) is 6.92 Å². The Balaban J connectivity index is 2.52. The molecule has 1 aliphatic rings. The van der Waals surface area contributed by atoms with Crippen molar-refractivity contribution in [1.82, 2.24) is 0 Å². The van der Waals surface area contributed by atoms with Gasteiger partial charge in [0.25, 0.3) is 0 Å². The van der Waals surface area contributed by atoms with Crippen molar-refractivity contribution < 1.29 is 19.7 Å². The predicted molar refractivity (Wildman–Crippen MR) is 50.5 cm³/mol. The van der Waals surface area contributed by atoms with E-state index in [0.29, 0.717) is 6.42 Å². The Labute approximate surface area is 83.9 Å². The molecule has 0 aliphatic heterocycles. The second-order valence-electron chi connectivity index (χ2n) is 3.93. The minimum absolute atomic E-state index is 0.111. The summed E-state index contributed by atoms with van der Waals surface area (Å²) in [6, 6.07) is 0. The molecule has 1 fully saturated rings. The normalized spacial score (nSPS) is 37.1. The maximum Gasteiger partial charge on any atom is 0.305 e. The lowest BCUT2D eigenvalue weighted by Gasteiger charge is -2.15. The first kappa shape index (κ1) is 11.5. The Morgan fingerprint density at radius 2 is 1.93 bits per heavy atom. The molecule has 4 unspecified atom stereocenters. The minimum atomic E-state index is -0.779. The average molecular weight is 202 g/mol. The molecular formula is C10H18O4. The van der Waals surface area contributed by atoms with Crippen molar-refractivity contribution in [3.8, 4) is 0 Å². The fourth-order valence-electron chi connectivity index (χ4n) is 2.14. The first-order chi connectivity index (χ1) is 6.60. The van der Waals surface area contributed by atoms with Crippen molar-refractivity contribution in [3.63, 3.8) is 0 Å². The molecule has 14 heavy (non-hydrogen) atoms. The molecule has 1 saturated carbocycles. The zero-order valence-corrected chi connectivity index (χ0v) is 8.64. The number of hydrogen-bond donors (Lipinski definition) is 2. The average Bonchev–Trinajstić information content (AvgIpc) is 2.45. The van der Waals surface area contributed by atoms with Gasteiger partial charge in [-0.1, -0.05) is 13.3 Å². The van der Waals surface area contributed by atoms with Gasteiger partial charge in [0.1, 0.15) is 0 Å². The van der Waals surface area contributed by atoms with E-state index in [0.717, 1.165) is 6.42 Å². The SMILES string of the molecule is CCC1CC(CC(=O)OC)C(O)C1O. The van der Waals surface area contributed by atoms with Crippen molar-refractivity contribution in [2.75, 3.05) is 7.11 Å². The highest BCUT2D eigenvalue weighted by molar-refractivity contribution is 5.69. The Morgan fingerprint density at radius 3 is 2.36 bits per heavy atom. The maximum atomic E-state index is 11.0. The zero-order chi connectivity index (χ0) is 10.7. The minimum Gasteiger partial charge on any atom is -0.469 e. The van der Waals surface area contributed by atoms with Crippen LogP contribution in [0.5, 0.6) is 0 Å². The summed E-state index contributed by atoms with van der Waals surface area (Å²) in [5, 5.41) is 19.3. The highest BCUT2D eigenvalue weighted by Gasteiger charge is 2.41. The van der Waals surface area contributed by atoms with Crippen molar-refractivity contribution in [1.29, 1.82) is 0 Å². The van der Waals surface area contributed by atoms with Crippen LogP contribution in [0.3, 0.4) is 0 Å². The fourth-order valence-corrected chi connectivity index (χ4v) is 2.14. The van der Waals surface area contributed by atoms with Gasteiger partial charge in [0.15, 0.2) is 0 Å². The number of carbonyl (C=O) groups is 1. The molecular weight excluding hydrogens is 184 g/mol. The molecule has 82 valence electrons. The van der Waals surface area contributed by atoms with Gasteiger partial charge in [0, 0.05) is 0 Å². The zero-order valence-electron chi connectivity index (χ0n) is 8.64. The van der Waals surface area contributed by atoms with Gasteiger partial charge in [0.2, 0.25) is 0 Å². The Morgan fingerprint density at radius 1 is 1.36 bits per heavy atom. The van der Waals surface area contributed by atoms with Gasteiger partial charge < -0.3 is 14.9 Å². The molecule has 1 aliphatic carbocycles. The molecule has 0 radical (unpaired) electrons. The molecule has 0 heterocycles. The first-order valence-electron chi connectivity index (χ1n) is 5.03. The van der Waals surface area contributed by atoms with Crippen LogP contribution in [0.2, 0.25) is 0 Å². The van der Waals surface area contributed by atoms with Gasteiger partial charge in [-0.2, -0.15) is 0 Å². The Bertz CT molecular complexity index is 204. The largest absolute Gasteiger partial charge is 0.469 e. The van der Waals surface area contributed by atoms with Gasteiger partial charge in [-0.15, -0.1) is 0 Å². The summed E-state index contributed by atoms with van der Waals surface area (Å²) in [6.45, 7) is 1.97. The van der Waals surface area contributed by atoms with Gasteiger partial charge in [-0.25, -0.2) is 0 Å².